The Bertz CT molecular complexity index is 445. The van der Waals surface area contributed by atoms with E-state index in [4.69, 9.17) is 0 Å². The van der Waals surface area contributed by atoms with E-state index in [-0.39, 0.29) is 17.8 Å². The van der Waals surface area contributed by atoms with Gasteiger partial charge in [-0.3, -0.25) is 10.1 Å². The van der Waals surface area contributed by atoms with Crippen LogP contribution in [0.4, 0.5) is 11.5 Å². The van der Waals surface area contributed by atoms with Crippen molar-refractivity contribution in [3.8, 4) is 0 Å². The molecule has 1 aromatic rings. The molecule has 18 heavy (non-hydrogen) atoms. The van der Waals surface area contributed by atoms with Crippen molar-refractivity contribution in [1.82, 2.24) is 9.78 Å². The molecule has 0 spiro atoms. The maximum Gasteiger partial charge on any atom is 0.331 e. The lowest BCUT2D eigenvalue weighted by molar-refractivity contribution is -0.384. The van der Waals surface area contributed by atoms with Gasteiger partial charge >= 0.3 is 5.69 Å². The highest BCUT2D eigenvalue weighted by molar-refractivity contribution is 5.58. The second-order valence-corrected chi connectivity index (χ2v) is 4.81. The van der Waals surface area contributed by atoms with E-state index in [0.717, 1.165) is 12.8 Å². The standard InChI is InChI=1S/C11H18N4O3/c1-8-6-9(16)4-3-5-14(8)11-10(15(17)18)7-12-13(11)2/h7-9,16H,3-6H2,1-2H3. The summed E-state index contributed by atoms with van der Waals surface area (Å²) in [5.74, 6) is 0.529. The summed E-state index contributed by atoms with van der Waals surface area (Å²) in [4.78, 5) is 12.6. The molecule has 2 atom stereocenters. The predicted octanol–water partition coefficient (Wildman–Crippen LogP) is 1.07. The average molecular weight is 254 g/mol. The molecule has 0 radical (unpaired) electrons. The van der Waals surface area contributed by atoms with Crippen molar-refractivity contribution in [3.05, 3.63) is 16.3 Å². The molecule has 0 bridgehead atoms. The van der Waals surface area contributed by atoms with Gasteiger partial charge in [-0.25, -0.2) is 4.68 Å². The highest BCUT2D eigenvalue weighted by Crippen LogP contribution is 2.31. The van der Waals surface area contributed by atoms with Gasteiger partial charge in [0, 0.05) is 19.6 Å². The summed E-state index contributed by atoms with van der Waals surface area (Å²) in [5, 5.41) is 24.7. The van der Waals surface area contributed by atoms with Crippen LogP contribution in [0, 0.1) is 10.1 Å². The number of nitro groups is 1. The summed E-state index contributed by atoms with van der Waals surface area (Å²) in [6.07, 6.45) is 3.16. The Balaban J connectivity index is 2.34. The van der Waals surface area contributed by atoms with Crippen LogP contribution in [-0.2, 0) is 7.05 Å². The van der Waals surface area contributed by atoms with Crippen LogP contribution >= 0.6 is 0 Å². The van der Waals surface area contributed by atoms with Gasteiger partial charge in [0.25, 0.3) is 0 Å². The summed E-state index contributed by atoms with van der Waals surface area (Å²) >= 11 is 0. The molecule has 0 aromatic carbocycles. The van der Waals surface area contributed by atoms with Crippen LogP contribution < -0.4 is 4.90 Å². The second kappa shape index (κ2) is 4.93. The molecule has 7 nitrogen and oxygen atoms in total. The lowest BCUT2D eigenvalue weighted by atomic mass is 10.1. The first-order chi connectivity index (χ1) is 8.50. The quantitative estimate of drug-likeness (QED) is 0.630. The minimum atomic E-state index is -0.406. The molecule has 1 N–H and O–H groups in total. The largest absolute Gasteiger partial charge is 0.393 e. The smallest absolute Gasteiger partial charge is 0.331 e. The number of nitrogens with zero attached hydrogens (tertiary/aromatic N) is 4. The molecule has 100 valence electrons. The van der Waals surface area contributed by atoms with E-state index in [1.807, 2.05) is 11.8 Å². The van der Waals surface area contributed by atoms with Gasteiger partial charge in [-0.15, -0.1) is 0 Å². The van der Waals surface area contributed by atoms with E-state index in [1.165, 1.54) is 10.9 Å². The van der Waals surface area contributed by atoms with Gasteiger partial charge in [0.15, 0.2) is 0 Å². The topological polar surface area (TPSA) is 84.4 Å². The summed E-state index contributed by atoms with van der Waals surface area (Å²) in [5.41, 5.74) is 0.0285. The predicted molar refractivity (Wildman–Crippen MR) is 66.5 cm³/mol. The molecule has 1 fully saturated rings. The van der Waals surface area contributed by atoms with E-state index in [2.05, 4.69) is 5.10 Å². The van der Waals surface area contributed by atoms with Gasteiger partial charge in [0.2, 0.25) is 5.82 Å². The van der Waals surface area contributed by atoms with Crippen molar-refractivity contribution in [3.63, 3.8) is 0 Å². The van der Waals surface area contributed by atoms with Crippen molar-refractivity contribution < 1.29 is 10.0 Å². The van der Waals surface area contributed by atoms with E-state index >= 15 is 0 Å². The average Bonchev–Trinajstić information content (AvgIpc) is 2.58. The van der Waals surface area contributed by atoms with Crippen molar-refractivity contribution in [2.75, 3.05) is 11.4 Å². The molecule has 1 aromatic heterocycles. The number of rotatable bonds is 2. The number of aryl methyl sites for hydroxylation is 1. The Kier molecular flexibility index (Phi) is 3.51. The molecule has 1 saturated heterocycles. The summed E-state index contributed by atoms with van der Waals surface area (Å²) in [6.45, 7) is 2.68. The Morgan fingerprint density at radius 1 is 1.61 bits per heavy atom. The fraction of sp³-hybridized carbons (Fsp3) is 0.727. The zero-order chi connectivity index (χ0) is 13.3. The zero-order valence-corrected chi connectivity index (χ0v) is 10.6. The normalized spacial score (nSPS) is 24.9. The molecule has 0 amide bonds. The molecular weight excluding hydrogens is 236 g/mol. The van der Waals surface area contributed by atoms with Gasteiger partial charge in [0.05, 0.1) is 11.0 Å². The molecule has 2 rings (SSSR count). The van der Waals surface area contributed by atoms with Crippen LogP contribution in [0.5, 0.6) is 0 Å². The van der Waals surface area contributed by atoms with Crippen molar-refractivity contribution in [2.24, 2.45) is 7.05 Å². The highest BCUT2D eigenvalue weighted by Gasteiger charge is 2.30. The lowest BCUT2D eigenvalue weighted by Crippen LogP contribution is -2.35. The van der Waals surface area contributed by atoms with Gasteiger partial charge in [0.1, 0.15) is 6.20 Å². The minimum absolute atomic E-state index is 0.0285. The monoisotopic (exact) mass is 254 g/mol. The molecule has 2 heterocycles. The Morgan fingerprint density at radius 3 is 3.00 bits per heavy atom. The summed E-state index contributed by atoms with van der Waals surface area (Å²) < 4.78 is 1.53. The molecular formula is C11H18N4O3. The van der Waals surface area contributed by atoms with Crippen LogP contribution in [-0.4, -0.2) is 38.5 Å². The zero-order valence-electron chi connectivity index (χ0n) is 10.6. The van der Waals surface area contributed by atoms with Gasteiger partial charge in [-0.05, 0) is 26.2 Å². The third kappa shape index (κ3) is 2.31. The van der Waals surface area contributed by atoms with Gasteiger partial charge in [-0.1, -0.05) is 0 Å². The van der Waals surface area contributed by atoms with Crippen LogP contribution in [0.1, 0.15) is 26.2 Å². The van der Waals surface area contributed by atoms with Crippen molar-refractivity contribution in [1.29, 1.82) is 0 Å². The van der Waals surface area contributed by atoms with Crippen LogP contribution in [0.15, 0.2) is 6.20 Å². The SMILES string of the molecule is CC1CC(O)CCCN1c1c([N+](=O)[O-])cnn1C. The van der Waals surface area contributed by atoms with E-state index < -0.39 is 4.92 Å². The van der Waals surface area contributed by atoms with Crippen LogP contribution in [0.3, 0.4) is 0 Å². The summed E-state index contributed by atoms with van der Waals surface area (Å²) in [7, 11) is 1.70. The first-order valence-corrected chi connectivity index (χ1v) is 6.11. The maximum atomic E-state index is 11.0. The second-order valence-electron chi connectivity index (χ2n) is 4.81. The van der Waals surface area contributed by atoms with Crippen LogP contribution in [0.25, 0.3) is 0 Å². The number of aromatic nitrogens is 2. The molecule has 7 heteroatoms. The number of hydrogen-bond acceptors (Lipinski definition) is 5. The molecule has 1 aliphatic rings. The lowest BCUT2D eigenvalue weighted by Gasteiger charge is -2.28. The molecule has 1 aliphatic heterocycles. The first kappa shape index (κ1) is 12.8. The maximum absolute atomic E-state index is 11.0. The molecule has 0 aliphatic carbocycles. The fourth-order valence-electron chi connectivity index (χ4n) is 2.55. The van der Waals surface area contributed by atoms with E-state index in [1.54, 1.807) is 7.05 Å². The Hall–Kier alpha value is -1.63. The van der Waals surface area contributed by atoms with Crippen molar-refractivity contribution in [2.45, 2.75) is 38.3 Å². The summed E-state index contributed by atoms with van der Waals surface area (Å²) in [6, 6.07) is 0.0663. The number of aliphatic hydroxyl groups is 1. The minimum Gasteiger partial charge on any atom is -0.393 e. The number of anilines is 1. The number of hydrogen-bond donors (Lipinski definition) is 1. The highest BCUT2D eigenvalue weighted by atomic mass is 16.6. The Morgan fingerprint density at radius 2 is 2.33 bits per heavy atom. The first-order valence-electron chi connectivity index (χ1n) is 6.11. The third-order valence-corrected chi connectivity index (χ3v) is 3.44. The van der Waals surface area contributed by atoms with E-state index in [0.29, 0.717) is 18.8 Å². The van der Waals surface area contributed by atoms with Gasteiger partial charge < -0.3 is 10.0 Å². The third-order valence-electron chi connectivity index (χ3n) is 3.44. The van der Waals surface area contributed by atoms with Crippen molar-refractivity contribution >= 4 is 11.5 Å². The fourth-order valence-corrected chi connectivity index (χ4v) is 2.55. The molecule has 0 saturated carbocycles. The van der Waals surface area contributed by atoms with Crippen LogP contribution in [0.2, 0.25) is 0 Å². The Labute approximate surface area is 105 Å². The van der Waals surface area contributed by atoms with Gasteiger partial charge in [-0.2, -0.15) is 5.10 Å². The molecule has 2 unspecified atom stereocenters. The number of aliphatic hydroxyl groups excluding tert-OH is 1. The van der Waals surface area contributed by atoms with E-state index in [9.17, 15) is 15.2 Å².